The molecule has 4 aromatic rings. The van der Waals surface area contributed by atoms with E-state index in [4.69, 9.17) is 20.9 Å². The number of ether oxygens (including phenoxy) is 1. The summed E-state index contributed by atoms with van der Waals surface area (Å²) >= 11 is 7.39. The van der Waals surface area contributed by atoms with Crippen molar-refractivity contribution in [1.82, 2.24) is 10.1 Å². The minimum Gasteiger partial charge on any atom is -0.497 e. The molecule has 0 aliphatic rings. The van der Waals surface area contributed by atoms with Crippen LogP contribution in [0.25, 0.3) is 22.2 Å². The number of hydrogen-bond acceptors (Lipinski definition) is 7. The Bertz CT molecular complexity index is 1330. The van der Waals surface area contributed by atoms with Crippen molar-refractivity contribution < 1.29 is 17.7 Å². The molecule has 0 atom stereocenters. The molecule has 0 N–H and O–H groups in total. The van der Waals surface area contributed by atoms with E-state index in [0.717, 1.165) is 11.1 Å². The van der Waals surface area contributed by atoms with Crippen molar-refractivity contribution in [3.05, 3.63) is 64.5 Å². The van der Waals surface area contributed by atoms with Crippen LogP contribution in [-0.2, 0) is 10.0 Å². The van der Waals surface area contributed by atoms with Gasteiger partial charge in [-0.25, -0.2) is 8.42 Å². The lowest BCUT2D eigenvalue weighted by atomic mass is 10.2. The first-order chi connectivity index (χ1) is 14.8. The predicted octanol–water partition coefficient (Wildman–Crippen LogP) is 5.26. The highest BCUT2D eigenvalue weighted by molar-refractivity contribution is 7.93. The minimum absolute atomic E-state index is 0.0848. The second-order valence-electron chi connectivity index (χ2n) is 6.67. The molecule has 0 saturated carbocycles. The number of aromatic nitrogens is 2. The van der Waals surface area contributed by atoms with Gasteiger partial charge in [-0.2, -0.15) is 4.98 Å². The minimum atomic E-state index is -3.88. The molecule has 0 spiro atoms. The van der Waals surface area contributed by atoms with Gasteiger partial charge >= 0.3 is 0 Å². The Kier molecular flexibility index (Phi) is 5.74. The van der Waals surface area contributed by atoms with Crippen LogP contribution in [0.4, 0.5) is 5.69 Å². The van der Waals surface area contributed by atoms with Crippen molar-refractivity contribution in [2.75, 3.05) is 18.5 Å². The quantitative estimate of drug-likeness (QED) is 0.378. The first-order valence-corrected chi connectivity index (χ1v) is 11.8. The molecular formula is C21H18ClN3O4S2. The van der Waals surface area contributed by atoms with E-state index in [1.54, 1.807) is 55.0 Å². The van der Waals surface area contributed by atoms with E-state index >= 15 is 0 Å². The van der Waals surface area contributed by atoms with E-state index in [-0.39, 0.29) is 10.8 Å². The molecule has 2 heterocycles. The fourth-order valence-electron chi connectivity index (χ4n) is 2.89. The van der Waals surface area contributed by atoms with Crippen LogP contribution in [0.15, 0.2) is 63.3 Å². The van der Waals surface area contributed by atoms with E-state index in [0.29, 0.717) is 27.2 Å². The number of halogens is 1. The summed E-state index contributed by atoms with van der Waals surface area (Å²) < 4.78 is 38.4. The zero-order valence-electron chi connectivity index (χ0n) is 16.9. The highest BCUT2D eigenvalue weighted by atomic mass is 35.5. The van der Waals surface area contributed by atoms with Gasteiger partial charge in [0.25, 0.3) is 15.9 Å². The van der Waals surface area contributed by atoms with Gasteiger partial charge in [-0.15, -0.1) is 11.3 Å². The number of anilines is 1. The van der Waals surface area contributed by atoms with Crippen LogP contribution < -0.4 is 9.04 Å². The average Bonchev–Trinajstić information content (AvgIpc) is 3.45. The Morgan fingerprint density at radius 3 is 2.55 bits per heavy atom. The third-order valence-corrected chi connectivity index (χ3v) is 8.02. The van der Waals surface area contributed by atoms with Crippen LogP contribution in [0, 0.1) is 6.92 Å². The molecule has 0 saturated heterocycles. The second-order valence-corrected chi connectivity index (χ2v) is 9.93. The van der Waals surface area contributed by atoms with Gasteiger partial charge in [-0.1, -0.05) is 22.8 Å². The van der Waals surface area contributed by atoms with E-state index in [2.05, 4.69) is 10.1 Å². The first kappa shape index (κ1) is 21.4. The zero-order valence-corrected chi connectivity index (χ0v) is 19.3. The van der Waals surface area contributed by atoms with Gasteiger partial charge in [-0.3, -0.25) is 4.31 Å². The Morgan fingerprint density at radius 2 is 1.87 bits per heavy atom. The monoisotopic (exact) mass is 475 g/mol. The number of nitrogens with zero attached hydrogens (tertiary/aromatic N) is 3. The third kappa shape index (κ3) is 4.04. The molecule has 0 radical (unpaired) electrons. The standard InChI is InChI=1S/C21H18ClN3O4S2/c1-13-4-7-15(12-17(13)22)25(2)31(26,27)18-10-11-30-19(18)21-23-20(24-29-21)14-5-8-16(28-3)9-6-14/h4-12H,1-3H3. The Labute approximate surface area is 188 Å². The molecule has 160 valence electrons. The van der Waals surface area contributed by atoms with Crippen molar-refractivity contribution in [2.24, 2.45) is 0 Å². The first-order valence-electron chi connectivity index (χ1n) is 9.12. The number of hydrogen-bond donors (Lipinski definition) is 0. The maximum atomic E-state index is 13.3. The van der Waals surface area contributed by atoms with Crippen LogP contribution in [0.1, 0.15) is 5.56 Å². The van der Waals surface area contributed by atoms with Crippen LogP contribution in [0.3, 0.4) is 0 Å². The number of methoxy groups -OCH3 is 1. The summed E-state index contributed by atoms with van der Waals surface area (Å²) in [5.74, 6) is 1.20. The lowest BCUT2D eigenvalue weighted by molar-refractivity contribution is 0.415. The fourth-order valence-corrected chi connectivity index (χ4v) is 5.57. The number of thiophene rings is 1. The molecule has 7 nitrogen and oxygen atoms in total. The fraction of sp³-hybridized carbons (Fsp3) is 0.143. The van der Waals surface area contributed by atoms with Crippen molar-refractivity contribution >= 4 is 38.6 Å². The molecular weight excluding hydrogens is 458 g/mol. The second kappa shape index (κ2) is 8.33. The molecule has 0 amide bonds. The molecule has 2 aromatic heterocycles. The lowest BCUT2D eigenvalue weighted by Gasteiger charge is -2.20. The summed E-state index contributed by atoms with van der Waals surface area (Å²) in [4.78, 5) is 4.86. The average molecular weight is 476 g/mol. The summed E-state index contributed by atoms with van der Waals surface area (Å²) in [5.41, 5.74) is 2.05. The summed E-state index contributed by atoms with van der Waals surface area (Å²) in [6.45, 7) is 1.85. The topological polar surface area (TPSA) is 85.5 Å². The van der Waals surface area contributed by atoms with E-state index in [9.17, 15) is 8.42 Å². The smallest absolute Gasteiger partial charge is 0.269 e. The Morgan fingerprint density at radius 1 is 1.13 bits per heavy atom. The Hall–Kier alpha value is -2.88. The molecule has 10 heteroatoms. The number of aryl methyl sites for hydroxylation is 1. The van der Waals surface area contributed by atoms with Crippen molar-refractivity contribution in [3.63, 3.8) is 0 Å². The predicted molar refractivity (Wildman–Crippen MR) is 121 cm³/mol. The van der Waals surface area contributed by atoms with Gasteiger partial charge in [0.05, 0.1) is 12.8 Å². The molecule has 0 unspecified atom stereocenters. The summed E-state index contributed by atoms with van der Waals surface area (Å²) in [6, 6.07) is 13.8. The highest BCUT2D eigenvalue weighted by Gasteiger charge is 2.29. The van der Waals surface area contributed by atoms with Crippen molar-refractivity contribution in [2.45, 2.75) is 11.8 Å². The van der Waals surface area contributed by atoms with Gasteiger partial charge in [-0.05, 0) is 60.3 Å². The maximum absolute atomic E-state index is 13.3. The molecule has 0 fully saturated rings. The van der Waals surface area contributed by atoms with Crippen LogP contribution in [-0.4, -0.2) is 32.7 Å². The van der Waals surface area contributed by atoms with E-state index < -0.39 is 10.0 Å². The largest absolute Gasteiger partial charge is 0.497 e. The van der Waals surface area contributed by atoms with Crippen LogP contribution >= 0.6 is 22.9 Å². The highest BCUT2D eigenvalue weighted by Crippen LogP contribution is 2.36. The SMILES string of the molecule is COc1ccc(-c2noc(-c3sccc3S(=O)(=O)N(C)c3ccc(C)c(Cl)c3)n2)cc1. The van der Waals surface area contributed by atoms with E-state index in [1.807, 2.05) is 6.92 Å². The number of rotatable bonds is 6. The molecule has 0 aliphatic carbocycles. The molecule has 4 rings (SSSR count). The van der Waals surface area contributed by atoms with Crippen LogP contribution in [0.5, 0.6) is 5.75 Å². The maximum Gasteiger partial charge on any atom is 0.269 e. The molecule has 2 aromatic carbocycles. The molecule has 0 aliphatic heterocycles. The molecule has 0 bridgehead atoms. The van der Waals surface area contributed by atoms with Crippen molar-refractivity contribution in [1.29, 1.82) is 0 Å². The van der Waals surface area contributed by atoms with Gasteiger partial charge in [0, 0.05) is 17.6 Å². The lowest BCUT2D eigenvalue weighted by Crippen LogP contribution is -2.26. The number of benzene rings is 2. The van der Waals surface area contributed by atoms with E-state index in [1.165, 1.54) is 28.8 Å². The van der Waals surface area contributed by atoms with Gasteiger partial charge in [0.15, 0.2) is 0 Å². The summed E-state index contributed by atoms with van der Waals surface area (Å²) in [6.07, 6.45) is 0. The molecule has 31 heavy (non-hydrogen) atoms. The third-order valence-electron chi connectivity index (χ3n) is 4.76. The van der Waals surface area contributed by atoms with Gasteiger partial charge < -0.3 is 9.26 Å². The van der Waals surface area contributed by atoms with Gasteiger partial charge in [0.1, 0.15) is 15.5 Å². The Balaban J connectivity index is 1.68. The zero-order chi connectivity index (χ0) is 22.2. The normalized spacial score (nSPS) is 11.5. The summed E-state index contributed by atoms with van der Waals surface area (Å²) in [7, 11) is -0.815. The van der Waals surface area contributed by atoms with Crippen molar-refractivity contribution in [3.8, 4) is 27.9 Å². The summed E-state index contributed by atoms with van der Waals surface area (Å²) in [5, 5.41) is 6.17. The van der Waals surface area contributed by atoms with Crippen LogP contribution in [0.2, 0.25) is 5.02 Å². The van der Waals surface area contributed by atoms with Gasteiger partial charge in [0.2, 0.25) is 5.82 Å². The number of sulfonamides is 1.